The van der Waals surface area contributed by atoms with Gasteiger partial charge in [0, 0.05) is 6.42 Å². The molecule has 0 amide bonds. The van der Waals surface area contributed by atoms with E-state index >= 15 is 0 Å². The fraction of sp³-hybridized carbons (Fsp3) is 1.00. The molecule has 0 bridgehead atoms. The maximum Gasteiger partial charge on any atom is 0.460 e. The number of halogens is 7. The molecule has 0 spiro atoms. The number of aliphatic hydroxyl groups is 2. The maximum atomic E-state index is 13.0. The molecule has 0 aromatic rings. The van der Waals surface area contributed by atoms with Crippen LogP contribution in [0.15, 0.2) is 0 Å². The molecule has 0 saturated carbocycles. The monoisotopic (exact) mass is 300 g/mol. The van der Waals surface area contributed by atoms with Crippen molar-refractivity contribution in [2.45, 2.75) is 62.8 Å². The van der Waals surface area contributed by atoms with Gasteiger partial charge in [0.15, 0.2) is 0 Å². The van der Waals surface area contributed by atoms with Crippen LogP contribution in [-0.2, 0) is 0 Å². The Labute approximate surface area is 105 Å². The molecule has 2 N–H and O–H groups in total. The summed E-state index contributed by atoms with van der Waals surface area (Å²) in [7, 11) is 0. The molecule has 0 aromatic carbocycles. The minimum Gasteiger partial charge on any atom is -0.361 e. The summed E-state index contributed by atoms with van der Waals surface area (Å²) >= 11 is 0. The molecule has 9 heteroatoms. The smallest absolute Gasteiger partial charge is 0.361 e. The summed E-state index contributed by atoms with van der Waals surface area (Å²) in [5.74, 6) is -17.0. The van der Waals surface area contributed by atoms with E-state index in [4.69, 9.17) is 10.2 Å². The van der Waals surface area contributed by atoms with E-state index < -0.39 is 30.2 Å². The van der Waals surface area contributed by atoms with Crippen molar-refractivity contribution >= 4 is 0 Å². The van der Waals surface area contributed by atoms with Crippen molar-refractivity contribution < 1.29 is 40.9 Å². The van der Waals surface area contributed by atoms with Crippen molar-refractivity contribution in [2.24, 2.45) is 0 Å². The lowest BCUT2D eigenvalue weighted by Gasteiger charge is -2.36. The van der Waals surface area contributed by atoms with Gasteiger partial charge in [0.1, 0.15) is 0 Å². The summed E-state index contributed by atoms with van der Waals surface area (Å²) in [6.07, 6.45) is -6.77. The predicted molar refractivity (Wildman–Crippen MR) is 51.9 cm³/mol. The average molecular weight is 300 g/mol. The Bertz CT molecular complexity index is 286. The zero-order valence-electron chi connectivity index (χ0n) is 10.1. The lowest BCUT2D eigenvalue weighted by atomic mass is 9.95. The number of unbranched alkanes of at least 4 members (excludes halogenated alkanes) is 3. The predicted octanol–water partition coefficient (Wildman–Crippen LogP) is 3.47. The Morgan fingerprint density at radius 1 is 0.737 bits per heavy atom. The molecule has 0 unspecified atom stereocenters. The Balaban J connectivity index is 4.96. The van der Waals surface area contributed by atoms with Gasteiger partial charge in [0.05, 0.1) is 0 Å². The summed E-state index contributed by atoms with van der Waals surface area (Å²) in [6.45, 7) is 1.75. The first-order valence-corrected chi connectivity index (χ1v) is 5.58. The summed E-state index contributed by atoms with van der Waals surface area (Å²) in [6, 6.07) is 0. The number of rotatable bonds is 7. The number of hydrogen-bond donors (Lipinski definition) is 2. The third-order valence-corrected chi connectivity index (χ3v) is 2.63. The molecule has 116 valence electrons. The van der Waals surface area contributed by atoms with Crippen molar-refractivity contribution in [3.63, 3.8) is 0 Å². The fourth-order valence-corrected chi connectivity index (χ4v) is 1.38. The summed E-state index contributed by atoms with van der Waals surface area (Å²) < 4.78 is 86.7. The average Bonchev–Trinajstić information content (AvgIpc) is 2.22. The van der Waals surface area contributed by atoms with E-state index in [0.717, 1.165) is 0 Å². The molecule has 0 aliphatic rings. The van der Waals surface area contributed by atoms with Gasteiger partial charge in [-0.2, -0.15) is 30.7 Å². The topological polar surface area (TPSA) is 40.5 Å². The first-order chi connectivity index (χ1) is 8.31. The molecule has 0 aliphatic heterocycles. The lowest BCUT2D eigenvalue weighted by Crippen LogP contribution is -2.64. The first kappa shape index (κ1) is 18.4. The molecule has 19 heavy (non-hydrogen) atoms. The summed E-state index contributed by atoms with van der Waals surface area (Å²) in [4.78, 5) is 0. The highest BCUT2D eigenvalue weighted by Gasteiger charge is 2.79. The third kappa shape index (κ3) is 3.71. The first-order valence-electron chi connectivity index (χ1n) is 5.58. The van der Waals surface area contributed by atoms with Gasteiger partial charge in [-0.05, 0) is 6.42 Å². The van der Waals surface area contributed by atoms with Crippen LogP contribution in [0.3, 0.4) is 0 Å². The third-order valence-electron chi connectivity index (χ3n) is 2.63. The van der Waals surface area contributed by atoms with Crippen LogP contribution in [0, 0.1) is 0 Å². The van der Waals surface area contributed by atoms with Crippen LogP contribution in [0.25, 0.3) is 0 Å². The van der Waals surface area contributed by atoms with Gasteiger partial charge in [0.2, 0.25) is 5.79 Å². The Hall–Kier alpha value is -0.570. The van der Waals surface area contributed by atoms with Gasteiger partial charge in [-0.15, -0.1) is 0 Å². The van der Waals surface area contributed by atoms with E-state index in [9.17, 15) is 30.7 Å². The van der Waals surface area contributed by atoms with E-state index in [1.807, 2.05) is 0 Å². The van der Waals surface area contributed by atoms with Crippen LogP contribution in [0.2, 0.25) is 0 Å². The van der Waals surface area contributed by atoms with Crippen LogP contribution in [0.5, 0.6) is 0 Å². The second-order valence-electron chi connectivity index (χ2n) is 4.27. The molecule has 0 radical (unpaired) electrons. The van der Waals surface area contributed by atoms with Gasteiger partial charge in [0.25, 0.3) is 0 Å². The molecule has 0 rings (SSSR count). The van der Waals surface area contributed by atoms with Crippen molar-refractivity contribution in [1.29, 1.82) is 0 Å². The Morgan fingerprint density at radius 3 is 1.58 bits per heavy atom. The highest BCUT2D eigenvalue weighted by molar-refractivity contribution is 4.99. The lowest BCUT2D eigenvalue weighted by molar-refractivity contribution is -0.423. The van der Waals surface area contributed by atoms with Crippen LogP contribution in [-0.4, -0.2) is 34.0 Å². The maximum absolute atomic E-state index is 13.0. The van der Waals surface area contributed by atoms with Crippen molar-refractivity contribution in [1.82, 2.24) is 0 Å². The van der Waals surface area contributed by atoms with E-state index in [1.54, 1.807) is 6.92 Å². The van der Waals surface area contributed by atoms with Gasteiger partial charge in [-0.1, -0.05) is 26.2 Å². The number of alkyl halides is 7. The van der Waals surface area contributed by atoms with Gasteiger partial charge in [-0.25, -0.2) is 0 Å². The Morgan fingerprint density at radius 2 is 1.21 bits per heavy atom. The number of hydrogen-bond acceptors (Lipinski definition) is 2. The molecule has 0 aromatic heterocycles. The molecule has 0 saturated heterocycles. The van der Waals surface area contributed by atoms with Crippen molar-refractivity contribution in [3.8, 4) is 0 Å². The highest BCUT2D eigenvalue weighted by Crippen LogP contribution is 2.51. The van der Waals surface area contributed by atoms with Gasteiger partial charge < -0.3 is 10.2 Å². The normalized spacial score (nSPS) is 14.8. The molecule has 0 atom stereocenters. The quantitative estimate of drug-likeness (QED) is 0.429. The van der Waals surface area contributed by atoms with E-state index in [1.165, 1.54) is 0 Å². The molecular formula is C10H15F7O2. The summed E-state index contributed by atoms with van der Waals surface area (Å²) in [5, 5.41) is 17.7. The Kier molecular flexibility index (Phi) is 5.65. The van der Waals surface area contributed by atoms with Gasteiger partial charge in [-0.3, -0.25) is 0 Å². The highest BCUT2D eigenvalue weighted by atomic mass is 19.4. The minimum absolute atomic E-state index is 0.215. The van der Waals surface area contributed by atoms with Crippen LogP contribution < -0.4 is 0 Å². The molecule has 0 aliphatic carbocycles. The van der Waals surface area contributed by atoms with E-state index in [2.05, 4.69) is 0 Å². The largest absolute Gasteiger partial charge is 0.460 e. The molecule has 2 nitrogen and oxygen atoms in total. The van der Waals surface area contributed by atoms with Gasteiger partial charge >= 0.3 is 18.0 Å². The van der Waals surface area contributed by atoms with Crippen LogP contribution >= 0.6 is 0 Å². The fourth-order valence-electron chi connectivity index (χ4n) is 1.38. The molecule has 0 fully saturated rings. The SMILES string of the molecule is CCCCCCC(O)(O)C(F)(F)C(F)(F)C(F)(F)F. The second-order valence-corrected chi connectivity index (χ2v) is 4.27. The minimum atomic E-state index is -6.57. The molecule has 0 heterocycles. The zero-order chi connectivity index (χ0) is 15.5. The van der Waals surface area contributed by atoms with E-state index in [-0.39, 0.29) is 12.8 Å². The van der Waals surface area contributed by atoms with Crippen LogP contribution in [0.1, 0.15) is 39.0 Å². The van der Waals surface area contributed by atoms with Crippen molar-refractivity contribution in [3.05, 3.63) is 0 Å². The van der Waals surface area contributed by atoms with E-state index in [0.29, 0.717) is 12.8 Å². The van der Waals surface area contributed by atoms with Crippen LogP contribution in [0.4, 0.5) is 30.7 Å². The second kappa shape index (κ2) is 5.82. The molecular weight excluding hydrogens is 285 g/mol. The van der Waals surface area contributed by atoms with Crippen molar-refractivity contribution in [2.75, 3.05) is 0 Å². The zero-order valence-corrected chi connectivity index (χ0v) is 10.1. The standard InChI is InChI=1S/C10H15F7O2/c1-2-3-4-5-6-7(18,19)8(11,12)9(13,14)10(15,16)17/h18-19H,2-6H2,1H3. The summed E-state index contributed by atoms with van der Waals surface area (Å²) in [5.41, 5.74) is 0.